The Balaban J connectivity index is 3.72. The Labute approximate surface area is 121 Å². The first kappa shape index (κ1) is 18.9. The zero-order valence-corrected chi connectivity index (χ0v) is 13.1. The van der Waals surface area contributed by atoms with E-state index in [1.165, 1.54) is 7.11 Å². The Morgan fingerprint density at radius 3 is 2.55 bits per heavy atom. The lowest BCUT2D eigenvalue weighted by Gasteiger charge is -2.19. The molecule has 6 heteroatoms. The largest absolute Gasteiger partial charge is 0.469 e. The minimum atomic E-state index is -0.255. The normalized spacial score (nSPS) is 10.9. The van der Waals surface area contributed by atoms with Crippen LogP contribution in [0.4, 0.5) is 0 Å². The first-order chi connectivity index (χ1) is 9.49. The highest BCUT2D eigenvalue weighted by atomic mass is 16.5. The van der Waals surface area contributed by atoms with E-state index >= 15 is 0 Å². The number of hydrogen-bond acceptors (Lipinski definition) is 5. The average Bonchev–Trinajstić information content (AvgIpc) is 2.42. The van der Waals surface area contributed by atoms with E-state index in [0.29, 0.717) is 32.7 Å². The van der Waals surface area contributed by atoms with Crippen molar-refractivity contribution in [1.29, 1.82) is 0 Å². The van der Waals surface area contributed by atoms with Gasteiger partial charge in [-0.2, -0.15) is 0 Å². The number of methoxy groups -OCH3 is 1. The standard InChI is InChI=1S/C14H28N2O4/c1-5-16(9-7-14(18)19-4)11-13(17)15-8-6-10-20-12(2)3/h12H,5-11H2,1-4H3,(H,15,17). The van der Waals surface area contributed by atoms with Gasteiger partial charge in [0.1, 0.15) is 0 Å². The molecule has 0 unspecified atom stereocenters. The smallest absolute Gasteiger partial charge is 0.306 e. The van der Waals surface area contributed by atoms with Crippen molar-refractivity contribution in [2.75, 3.05) is 39.9 Å². The third kappa shape index (κ3) is 10.8. The van der Waals surface area contributed by atoms with Crippen LogP contribution in [0.3, 0.4) is 0 Å². The first-order valence-electron chi connectivity index (χ1n) is 7.17. The van der Waals surface area contributed by atoms with Gasteiger partial charge in [-0.1, -0.05) is 6.92 Å². The number of carbonyl (C=O) groups is 2. The Hall–Kier alpha value is -1.14. The fourth-order valence-electron chi connectivity index (χ4n) is 1.58. The van der Waals surface area contributed by atoms with E-state index in [9.17, 15) is 9.59 Å². The number of rotatable bonds is 11. The Morgan fingerprint density at radius 1 is 1.30 bits per heavy atom. The van der Waals surface area contributed by atoms with Crippen molar-refractivity contribution in [2.24, 2.45) is 0 Å². The molecule has 0 aromatic heterocycles. The number of nitrogens with zero attached hydrogens (tertiary/aromatic N) is 1. The third-order valence-corrected chi connectivity index (χ3v) is 2.77. The summed E-state index contributed by atoms with van der Waals surface area (Å²) in [5.41, 5.74) is 0. The van der Waals surface area contributed by atoms with Gasteiger partial charge in [0.15, 0.2) is 0 Å². The third-order valence-electron chi connectivity index (χ3n) is 2.77. The molecule has 0 aromatic carbocycles. The molecule has 1 N–H and O–H groups in total. The predicted molar refractivity (Wildman–Crippen MR) is 77.5 cm³/mol. The Kier molecular flexibility index (Phi) is 11.0. The number of amides is 1. The zero-order chi connectivity index (χ0) is 15.4. The second kappa shape index (κ2) is 11.7. The van der Waals surface area contributed by atoms with E-state index in [2.05, 4.69) is 10.1 Å². The maximum atomic E-state index is 11.7. The number of esters is 1. The minimum Gasteiger partial charge on any atom is -0.469 e. The summed E-state index contributed by atoms with van der Waals surface area (Å²) in [6, 6.07) is 0. The summed E-state index contributed by atoms with van der Waals surface area (Å²) in [6.07, 6.45) is 1.33. The van der Waals surface area contributed by atoms with Crippen LogP contribution in [0.25, 0.3) is 0 Å². The van der Waals surface area contributed by atoms with Crippen molar-refractivity contribution < 1.29 is 19.1 Å². The van der Waals surface area contributed by atoms with Crippen LogP contribution in [0.1, 0.15) is 33.6 Å². The number of hydrogen-bond donors (Lipinski definition) is 1. The SMILES string of the molecule is CCN(CCC(=O)OC)CC(=O)NCCCOC(C)C. The monoisotopic (exact) mass is 288 g/mol. The maximum absolute atomic E-state index is 11.7. The first-order valence-corrected chi connectivity index (χ1v) is 7.17. The van der Waals surface area contributed by atoms with Crippen LogP contribution < -0.4 is 5.32 Å². The van der Waals surface area contributed by atoms with Crippen LogP contribution in [0, 0.1) is 0 Å². The molecule has 0 radical (unpaired) electrons. The summed E-state index contributed by atoms with van der Waals surface area (Å²) in [5, 5.41) is 2.85. The molecule has 20 heavy (non-hydrogen) atoms. The second-order valence-electron chi connectivity index (χ2n) is 4.82. The molecular weight excluding hydrogens is 260 g/mol. The lowest BCUT2D eigenvalue weighted by molar-refractivity contribution is -0.141. The molecular formula is C14H28N2O4. The average molecular weight is 288 g/mol. The molecule has 0 saturated heterocycles. The van der Waals surface area contributed by atoms with Gasteiger partial charge >= 0.3 is 5.97 Å². The molecule has 118 valence electrons. The molecule has 6 nitrogen and oxygen atoms in total. The molecule has 0 heterocycles. The lowest BCUT2D eigenvalue weighted by Crippen LogP contribution is -2.38. The van der Waals surface area contributed by atoms with Gasteiger partial charge in [0.25, 0.3) is 0 Å². The van der Waals surface area contributed by atoms with E-state index in [4.69, 9.17) is 4.74 Å². The molecule has 0 aliphatic carbocycles. The minimum absolute atomic E-state index is 0.0266. The maximum Gasteiger partial charge on any atom is 0.306 e. The van der Waals surface area contributed by atoms with Crippen LogP contribution in [0.15, 0.2) is 0 Å². The van der Waals surface area contributed by atoms with Gasteiger partial charge in [0, 0.05) is 19.7 Å². The van der Waals surface area contributed by atoms with Gasteiger partial charge in [0.05, 0.1) is 26.2 Å². The summed E-state index contributed by atoms with van der Waals surface area (Å²) >= 11 is 0. The van der Waals surface area contributed by atoms with Crippen molar-refractivity contribution >= 4 is 11.9 Å². The summed E-state index contributed by atoms with van der Waals surface area (Å²) in [6.45, 7) is 8.75. The van der Waals surface area contributed by atoms with Crippen molar-refractivity contribution in [3.8, 4) is 0 Å². The molecule has 0 aliphatic heterocycles. The van der Waals surface area contributed by atoms with Crippen molar-refractivity contribution in [2.45, 2.75) is 39.7 Å². The van der Waals surface area contributed by atoms with Crippen LogP contribution in [0.2, 0.25) is 0 Å². The Bertz CT molecular complexity index is 282. The van der Waals surface area contributed by atoms with E-state index in [1.54, 1.807) is 0 Å². The van der Waals surface area contributed by atoms with Crippen LogP contribution in [0.5, 0.6) is 0 Å². The quantitative estimate of drug-likeness (QED) is 0.450. The second-order valence-corrected chi connectivity index (χ2v) is 4.82. The van der Waals surface area contributed by atoms with Gasteiger partial charge in [0.2, 0.25) is 5.91 Å². The number of nitrogens with one attached hydrogen (secondary N) is 1. The van der Waals surface area contributed by atoms with Gasteiger partial charge in [-0.25, -0.2) is 0 Å². The number of carbonyl (C=O) groups excluding carboxylic acids is 2. The highest BCUT2D eigenvalue weighted by Gasteiger charge is 2.10. The summed E-state index contributed by atoms with van der Waals surface area (Å²) < 4.78 is 9.97. The molecule has 0 saturated carbocycles. The van der Waals surface area contributed by atoms with Gasteiger partial charge in [-0.05, 0) is 26.8 Å². The lowest BCUT2D eigenvalue weighted by atomic mass is 10.3. The summed E-state index contributed by atoms with van der Waals surface area (Å²) in [5.74, 6) is -0.282. The fraction of sp³-hybridized carbons (Fsp3) is 0.857. The van der Waals surface area contributed by atoms with Gasteiger partial charge in [-0.15, -0.1) is 0 Å². The van der Waals surface area contributed by atoms with E-state index in [-0.39, 0.29) is 18.0 Å². The molecule has 0 bridgehead atoms. The summed E-state index contributed by atoms with van der Waals surface area (Å²) in [4.78, 5) is 24.7. The fourth-order valence-corrected chi connectivity index (χ4v) is 1.58. The van der Waals surface area contributed by atoms with Gasteiger partial charge < -0.3 is 14.8 Å². The van der Waals surface area contributed by atoms with E-state index in [1.807, 2.05) is 25.7 Å². The number of likely N-dealkylation sites (N-methyl/N-ethyl adjacent to an activating group) is 1. The topological polar surface area (TPSA) is 67.9 Å². The molecule has 0 aromatic rings. The highest BCUT2D eigenvalue weighted by Crippen LogP contribution is 1.94. The number of ether oxygens (including phenoxy) is 2. The van der Waals surface area contributed by atoms with E-state index < -0.39 is 0 Å². The van der Waals surface area contributed by atoms with Crippen LogP contribution in [-0.2, 0) is 19.1 Å². The molecule has 0 rings (SSSR count). The Morgan fingerprint density at radius 2 is 2.00 bits per heavy atom. The molecule has 0 fully saturated rings. The molecule has 0 aliphatic rings. The van der Waals surface area contributed by atoms with Crippen molar-refractivity contribution in [1.82, 2.24) is 10.2 Å². The van der Waals surface area contributed by atoms with Crippen molar-refractivity contribution in [3.05, 3.63) is 0 Å². The molecule has 0 spiro atoms. The van der Waals surface area contributed by atoms with E-state index in [0.717, 1.165) is 13.0 Å². The molecule has 0 atom stereocenters. The van der Waals surface area contributed by atoms with Crippen LogP contribution in [-0.4, -0.2) is 62.8 Å². The predicted octanol–water partition coefficient (Wildman–Crippen LogP) is 0.803. The summed E-state index contributed by atoms with van der Waals surface area (Å²) in [7, 11) is 1.37. The van der Waals surface area contributed by atoms with Crippen molar-refractivity contribution in [3.63, 3.8) is 0 Å². The highest BCUT2D eigenvalue weighted by molar-refractivity contribution is 5.78. The zero-order valence-electron chi connectivity index (χ0n) is 13.1. The van der Waals surface area contributed by atoms with Gasteiger partial charge in [-0.3, -0.25) is 14.5 Å². The molecule has 1 amide bonds. The van der Waals surface area contributed by atoms with Crippen LogP contribution >= 0.6 is 0 Å².